The lowest BCUT2D eigenvalue weighted by Crippen LogP contribution is -2.31. The molecule has 0 aliphatic heterocycles. The molecule has 0 aliphatic carbocycles. The van der Waals surface area contributed by atoms with E-state index in [-0.39, 0.29) is 18.7 Å². The number of para-hydroxylation sites is 4. The number of methoxy groups -OCH3 is 1. The van der Waals surface area contributed by atoms with Gasteiger partial charge in [0.05, 0.1) is 30.3 Å². The van der Waals surface area contributed by atoms with E-state index in [2.05, 4.69) is 5.32 Å². The molecule has 0 spiro atoms. The van der Waals surface area contributed by atoms with Crippen LogP contribution in [0, 0.1) is 0 Å². The van der Waals surface area contributed by atoms with Gasteiger partial charge in [0.2, 0.25) is 0 Å². The average molecular weight is 425 g/mol. The predicted molar refractivity (Wildman–Crippen MR) is 118 cm³/mol. The molecule has 164 valence electrons. The number of nitrogens with one attached hydrogen (secondary N) is 1. The fourth-order valence-electron chi connectivity index (χ4n) is 3.42. The molecule has 0 saturated heterocycles. The molecular formula is C23H27N3O5. The third-order valence-electron chi connectivity index (χ3n) is 4.95. The maximum atomic E-state index is 12.8. The van der Waals surface area contributed by atoms with Gasteiger partial charge in [0.15, 0.2) is 6.10 Å². The lowest BCUT2D eigenvalue weighted by atomic mass is 10.2. The van der Waals surface area contributed by atoms with Crippen LogP contribution >= 0.6 is 0 Å². The maximum Gasteiger partial charge on any atom is 0.329 e. The molecule has 1 amide bonds. The number of esters is 1. The van der Waals surface area contributed by atoms with Crippen molar-refractivity contribution in [2.45, 2.75) is 45.9 Å². The molecule has 3 rings (SSSR count). The number of ether oxygens (including phenoxy) is 2. The Bertz CT molecular complexity index is 1130. The molecule has 0 bridgehead atoms. The highest BCUT2D eigenvalue weighted by atomic mass is 16.5. The minimum absolute atomic E-state index is 0.0215. The lowest BCUT2D eigenvalue weighted by molar-refractivity contribution is -0.153. The zero-order valence-corrected chi connectivity index (χ0v) is 18.0. The van der Waals surface area contributed by atoms with E-state index in [0.717, 1.165) is 17.5 Å². The second kappa shape index (κ2) is 9.97. The number of nitrogens with zero attached hydrogens (tertiary/aromatic N) is 2. The molecule has 1 N–H and O–H groups in total. The summed E-state index contributed by atoms with van der Waals surface area (Å²) >= 11 is 0. The molecule has 1 atom stereocenters. The number of aromatic nitrogens is 2. The Labute approximate surface area is 180 Å². The van der Waals surface area contributed by atoms with Crippen molar-refractivity contribution in [2.75, 3.05) is 12.4 Å². The minimum atomic E-state index is -0.990. The van der Waals surface area contributed by atoms with Gasteiger partial charge in [0.25, 0.3) is 5.91 Å². The maximum absolute atomic E-state index is 12.8. The first-order valence-corrected chi connectivity index (χ1v) is 10.3. The van der Waals surface area contributed by atoms with Gasteiger partial charge in [-0.15, -0.1) is 0 Å². The molecule has 31 heavy (non-hydrogen) atoms. The summed E-state index contributed by atoms with van der Waals surface area (Å²) in [6.07, 6.45) is -0.184. The van der Waals surface area contributed by atoms with Crippen LogP contribution in [0.1, 0.15) is 26.7 Å². The van der Waals surface area contributed by atoms with Crippen LogP contribution in [0.4, 0.5) is 5.69 Å². The Kier molecular flexibility index (Phi) is 7.12. The van der Waals surface area contributed by atoms with Gasteiger partial charge in [-0.05, 0) is 37.6 Å². The number of rotatable bonds is 9. The predicted octanol–water partition coefficient (Wildman–Crippen LogP) is 3.18. The summed E-state index contributed by atoms with van der Waals surface area (Å²) in [5.74, 6) is -0.506. The molecule has 3 aromatic rings. The number of aryl methyl sites for hydroxylation is 2. The first kappa shape index (κ1) is 22.1. The number of hydrogen-bond acceptors (Lipinski definition) is 5. The van der Waals surface area contributed by atoms with E-state index in [1.807, 2.05) is 31.2 Å². The van der Waals surface area contributed by atoms with Crippen LogP contribution in [0.15, 0.2) is 53.3 Å². The summed E-state index contributed by atoms with van der Waals surface area (Å²) in [6, 6.07) is 14.5. The number of anilines is 1. The SMILES string of the molecule is CCCn1c(=O)n(CCC(=O)O[C@H](C)C(=O)Nc2ccccc2OC)c2ccccc21. The van der Waals surface area contributed by atoms with Crippen LogP contribution in [0.2, 0.25) is 0 Å². The molecule has 0 radical (unpaired) electrons. The van der Waals surface area contributed by atoms with Crippen LogP contribution in [0.5, 0.6) is 5.75 Å². The van der Waals surface area contributed by atoms with E-state index >= 15 is 0 Å². The largest absolute Gasteiger partial charge is 0.495 e. The molecule has 0 fully saturated rings. The number of carbonyl (C=O) groups is 2. The zero-order valence-electron chi connectivity index (χ0n) is 18.0. The number of imidazole rings is 1. The van der Waals surface area contributed by atoms with Gasteiger partial charge in [0.1, 0.15) is 5.75 Å². The van der Waals surface area contributed by atoms with Gasteiger partial charge < -0.3 is 14.8 Å². The smallest absolute Gasteiger partial charge is 0.329 e. The Morgan fingerprint density at radius 2 is 1.61 bits per heavy atom. The highest BCUT2D eigenvalue weighted by molar-refractivity contribution is 5.96. The first-order chi connectivity index (χ1) is 15.0. The Morgan fingerprint density at radius 3 is 2.26 bits per heavy atom. The van der Waals surface area contributed by atoms with Gasteiger partial charge >= 0.3 is 11.7 Å². The highest BCUT2D eigenvalue weighted by Gasteiger charge is 2.20. The van der Waals surface area contributed by atoms with Gasteiger partial charge in [-0.1, -0.05) is 31.2 Å². The van der Waals surface area contributed by atoms with Crippen molar-refractivity contribution in [1.29, 1.82) is 0 Å². The fraction of sp³-hybridized carbons (Fsp3) is 0.348. The van der Waals surface area contributed by atoms with Crippen molar-refractivity contribution < 1.29 is 19.1 Å². The Hall–Kier alpha value is -3.55. The lowest BCUT2D eigenvalue weighted by Gasteiger charge is -2.15. The quantitative estimate of drug-likeness (QED) is 0.532. The summed E-state index contributed by atoms with van der Waals surface area (Å²) in [4.78, 5) is 37.5. The third-order valence-corrected chi connectivity index (χ3v) is 4.95. The normalized spacial score (nSPS) is 11.8. The molecule has 0 saturated carbocycles. The first-order valence-electron chi connectivity index (χ1n) is 10.3. The summed E-state index contributed by atoms with van der Waals surface area (Å²) in [5.41, 5.74) is 1.95. The monoisotopic (exact) mass is 425 g/mol. The number of carbonyl (C=O) groups excluding carboxylic acids is 2. The van der Waals surface area contributed by atoms with Crippen LogP contribution in [-0.4, -0.2) is 34.2 Å². The van der Waals surface area contributed by atoms with Gasteiger partial charge in [0, 0.05) is 13.1 Å². The third kappa shape index (κ3) is 4.96. The second-order valence-corrected chi connectivity index (χ2v) is 7.15. The Balaban J connectivity index is 1.63. The van der Waals surface area contributed by atoms with Crippen molar-refractivity contribution in [3.05, 3.63) is 59.0 Å². The minimum Gasteiger partial charge on any atom is -0.495 e. The summed E-state index contributed by atoms with van der Waals surface area (Å²) in [6.45, 7) is 4.29. The van der Waals surface area contributed by atoms with Crippen LogP contribution in [0.3, 0.4) is 0 Å². The summed E-state index contributed by atoms with van der Waals surface area (Å²) in [5, 5.41) is 2.69. The van der Waals surface area contributed by atoms with Crippen molar-refractivity contribution in [2.24, 2.45) is 0 Å². The molecular weight excluding hydrogens is 398 g/mol. The summed E-state index contributed by atoms with van der Waals surface area (Å²) in [7, 11) is 1.51. The van der Waals surface area contributed by atoms with Gasteiger partial charge in [-0.3, -0.25) is 18.7 Å². The molecule has 8 heteroatoms. The van der Waals surface area contributed by atoms with Crippen molar-refractivity contribution >= 4 is 28.6 Å². The molecule has 1 heterocycles. The zero-order chi connectivity index (χ0) is 22.4. The van der Waals surface area contributed by atoms with Gasteiger partial charge in [-0.2, -0.15) is 0 Å². The van der Waals surface area contributed by atoms with E-state index < -0.39 is 18.0 Å². The summed E-state index contributed by atoms with van der Waals surface area (Å²) < 4.78 is 13.8. The highest BCUT2D eigenvalue weighted by Crippen LogP contribution is 2.23. The number of amides is 1. The van der Waals surface area contributed by atoms with Crippen molar-refractivity contribution in [1.82, 2.24) is 9.13 Å². The van der Waals surface area contributed by atoms with Crippen molar-refractivity contribution in [3.63, 3.8) is 0 Å². The van der Waals surface area contributed by atoms with E-state index in [9.17, 15) is 14.4 Å². The Morgan fingerprint density at radius 1 is 1.00 bits per heavy atom. The van der Waals surface area contributed by atoms with E-state index in [4.69, 9.17) is 9.47 Å². The molecule has 2 aromatic carbocycles. The standard InChI is InChI=1S/C23H27N3O5/c1-4-14-25-18-10-6-7-11-19(18)26(23(25)29)15-13-21(27)31-16(2)22(28)24-17-9-5-8-12-20(17)30-3/h5-12,16H,4,13-15H2,1-3H3,(H,24,28)/t16-/m1/s1. The van der Waals surface area contributed by atoms with E-state index in [1.54, 1.807) is 33.4 Å². The molecule has 1 aromatic heterocycles. The van der Waals surface area contributed by atoms with Crippen molar-refractivity contribution in [3.8, 4) is 5.75 Å². The molecule has 8 nitrogen and oxygen atoms in total. The van der Waals surface area contributed by atoms with Crippen LogP contribution in [0.25, 0.3) is 11.0 Å². The van der Waals surface area contributed by atoms with E-state index in [1.165, 1.54) is 14.0 Å². The molecule has 0 aliphatic rings. The average Bonchev–Trinajstić information content (AvgIpc) is 3.04. The topological polar surface area (TPSA) is 91.6 Å². The fourth-order valence-corrected chi connectivity index (χ4v) is 3.42. The number of fused-ring (bicyclic) bond motifs is 1. The van der Waals surface area contributed by atoms with Crippen LogP contribution < -0.4 is 15.7 Å². The van der Waals surface area contributed by atoms with Crippen LogP contribution in [-0.2, 0) is 27.4 Å². The number of hydrogen-bond donors (Lipinski definition) is 1. The second-order valence-electron chi connectivity index (χ2n) is 7.15. The number of benzene rings is 2. The van der Waals surface area contributed by atoms with Gasteiger partial charge in [-0.25, -0.2) is 4.79 Å². The van der Waals surface area contributed by atoms with E-state index in [0.29, 0.717) is 18.0 Å². The molecule has 0 unspecified atom stereocenters.